The fourth-order valence-corrected chi connectivity index (χ4v) is 9.48. The minimum atomic E-state index is -2.47. The molecule has 0 heterocycles. The molecule has 4 rings (SSSR count). The van der Waals surface area contributed by atoms with Crippen molar-refractivity contribution in [2.75, 3.05) is 0 Å². The van der Waals surface area contributed by atoms with Crippen molar-refractivity contribution in [1.29, 1.82) is 0 Å². The van der Waals surface area contributed by atoms with E-state index >= 15 is 0 Å². The van der Waals surface area contributed by atoms with Crippen molar-refractivity contribution in [3.05, 3.63) is 139 Å². The molecule has 0 unspecified atom stereocenters. The first-order valence-corrected chi connectivity index (χ1v) is 12.3. The Morgan fingerprint density at radius 2 is 1.23 bits per heavy atom. The van der Waals surface area contributed by atoms with E-state index in [1.54, 1.807) is 0 Å². The number of hydrogen-bond donors (Lipinski definition) is 0. The van der Waals surface area contributed by atoms with E-state index < -0.39 is 7.26 Å². The molecule has 0 aliphatic heterocycles. The molecule has 1 heteroatoms. The van der Waals surface area contributed by atoms with Crippen LogP contribution in [0.2, 0.25) is 0 Å². The van der Waals surface area contributed by atoms with Crippen molar-refractivity contribution in [1.82, 2.24) is 0 Å². The van der Waals surface area contributed by atoms with Crippen molar-refractivity contribution < 1.29 is 0 Å². The second-order valence-electron chi connectivity index (χ2n) is 7.48. The predicted molar refractivity (Wildman–Crippen MR) is 137 cm³/mol. The molecule has 0 fully saturated rings. The fraction of sp³-hybridized carbons (Fsp3) is 0.0345. The Bertz CT molecular complexity index is 1160. The van der Waals surface area contributed by atoms with Gasteiger partial charge in [0.05, 0.1) is 0 Å². The van der Waals surface area contributed by atoms with E-state index in [1.165, 1.54) is 32.0 Å². The summed E-state index contributed by atoms with van der Waals surface area (Å²) in [5.41, 5.74) is 0. The van der Waals surface area contributed by atoms with Gasteiger partial charge in [0.1, 0.15) is 0 Å². The molecule has 0 bridgehead atoms. The van der Waals surface area contributed by atoms with E-state index in [1.807, 2.05) is 12.2 Å². The fourth-order valence-electron chi connectivity index (χ4n) is 4.48. The van der Waals surface area contributed by atoms with Crippen LogP contribution >= 0.6 is 7.26 Å². The van der Waals surface area contributed by atoms with Gasteiger partial charge in [-0.25, -0.2) is 0 Å². The zero-order valence-corrected chi connectivity index (χ0v) is 18.3. The molecule has 4 aromatic rings. The van der Waals surface area contributed by atoms with E-state index in [0.29, 0.717) is 0 Å². The Hall–Kier alpha value is -3.21. The molecule has 0 N–H and O–H groups in total. The first-order chi connectivity index (χ1) is 14.8. The van der Waals surface area contributed by atoms with E-state index in [2.05, 4.69) is 129 Å². The predicted octanol–water partition coefficient (Wildman–Crippen LogP) is 6.51. The van der Waals surface area contributed by atoms with Crippen LogP contribution in [0.1, 0.15) is 6.92 Å². The summed E-state index contributed by atoms with van der Waals surface area (Å²) in [6, 6.07) is 37.6. The third-order valence-corrected chi connectivity index (χ3v) is 10.8. The molecule has 0 atom stereocenters. The maximum absolute atomic E-state index is 3.83. The number of fused-ring (bicyclic) bond motifs is 1. The number of allylic oxidation sites excluding steroid dienone is 5. The third kappa shape index (κ3) is 3.56. The monoisotopic (exact) mass is 406 g/mol. The molecule has 148 valence electrons. The molecule has 0 amide bonds. The summed E-state index contributed by atoms with van der Waals surface area (Å²) in [6.07, 6.45) is 8.22. The first-order valence-electron chi connectivity index (χ1n) is 10.3. The number of benzene rings is 4. The van der Waals surface area contributed by atoms with Gasteiger partial charge in [-0.1, -0.05) is 0 Å². The van der Waals surface area contributed by atoms with E-state index in [9.17, 15) is 0 Å². The van der Waals surface area contributed by atoms with Gasteiger partial charge >= 0.3 is 180 Å². The normalized spacial score (nSPS) is 12.9. The summed E-state index contributed by atoms with van der Waals surface area (Å²) >= 11 is 0. The zero-order valence-electron chi connectivity index (χ0n) is 17.3. The second kappa shape index (κ2) is 9.08. The number of rotatable bonds is 6. The van der Waals surface area contributed by atoms with Crippen LogP contribution in [0, 0.1) is 0 Å². The summed E-state index contributed by atoms with van der Waals surface area (Å²) in [5, 5.41) is 8.24. The van der Waals surface area contributed by atoms with Crippen LogP contribution in [0.3, 0.4) is 0 Å². The summed E-state index contributed by atoms with van der Waals surface area (Å²) in [4.78, 5) is 0. The van der Waals surface area contributed by atoms with Crippen molar-refractivity contribution >= 4 is 33.9 Å². The second-order valence-corrected chi connectivity index (χ2v) is 11.5. The molecule has 0 aromatic heterocycles. The van der Waals surface area contributed by atoms with Crippen LogP contribution in [0.4, 0.5) is 0 Å². The van der Waals surface area contributed by atoms with E-state index in [4.69, 9.17) is 0 Å². The number of hydrogen-bond acceptors (Lipinski definition) is 0. The van der Waals surface area contributed by atoms with Crippen LogP contribution in [0.25, 0.3) is 10.8 Å². The van der Waals surface area contributed by atoms with Crippen molar-refractivity contribution in [2.24, 2.45) is 0 Å². The van der Waals surface area contributed by atoms with Gasteiger partial charge in [0.2, 0.25) is 0 Å². The quantitative estimate of drug-likeness (QED) is 0.253. The zero-order chi connectivity index (χ0) is 20.8. The van der Waals surface area contributed by atoms with Gasteiger partial charge in [-0.3, -0.25) is 0 Å². The molecule has 0 saturated carbocycles. The van der Waals surface area contributed by atoms with Crippen LogP contribution in [0.15, 0.2) is 139 Å². The van der Waals surface area contributed by atoms with Gasteiger partial charge in [-0.05, 0) is 0 Å². The molecular weight excluding hydrogens is 379 g/mol. The SMILES string of the molecule is C=C/C=C\C=C(/C)[PH](c1ccccc1)(c1ccccc1)c1cccc2ccccc12. The van der Waals surface area contributed by atoms with Gasteiger partial charge in [-0.2, -0.15) is 0 Å². The van der Waals surface area contributed by atoms with Gasteiger partial charge in [-0.15, -0.1) is 0 Å². The third-order valence-electron chi connectivity index (χ3n) is 5.79. The van der Waals surface area contributed by atoms with Gasteiger partial charge in [0.15, 0.2) is 0 Å². The summed E-state index contributed by atoms with van der Waals surface area (Å²) < 4.78 is 0. The van der Waals surface area contributed by atoms with Crippen molar-refractivity contribution in [3.8, 4) is 0 Å². The minimum absolute atomic E-state index is 1.29. The average molecular weight is 407 g/mol. The Labute approximate surface area is 180 Å². The van der Waals surface area contributed by atoms with Crippen LogP contribution in [-0.2, 0) is 0 Å². The molecule has 0 spiro atoms. The van der Waals surface area contributed by atoms with Gasteiger partial charge < -0.3 is 0 Å². The van der Waals surface area contributed by atoms with Gasteiger partial charge in [0, 0.05) is 0 Å². The van der Waals surface area contributed by atoms with E-state index in [0.717, 1.165) is 0 Å². The standard InChI is InChI=1S/C29H27P/c1-3-4-7-15-24(2)30(26-18-8-5-9-19-26,27-20-10-6-11-21-27)29-23-14-17-25-16-12-13-22-28(25)29/h3-23,30H,1H2,2H3/b7-4-,24-15+. The molecule has 0 saturated heterocycles. The van der Waals surface area contributed by atoms with Crippen LogP contribution in [0.5, 0.6) is 0 Å². The van der Waals surface area contributed by atoms with Crippen molar-refractivity contribution in [3.63, 3.8) is 0 Å². The Morgan fingerprint density at radius 1 is 0.667 bits per heavy atom. The summed E-state index contributed by atoms with van der Waals surface area (Å²) in [6.45, 7) is 6.12. The Balaban J connectivity index is 2.17. The molecule has 4 aromatic carbocycles. The average Bonchev–Trinajstić information content (AvgIpc) is 2.81. The first kappa shape index (κ1) is 20.1. The summed E-state index contributed by atoms with van der Waals surface area (Å²) in [5.74, 6) is 0. The molecule has 0 aliphatic carbocycles. The molecular formula is C29H27P. The summed E-state index contributed by atoms with van der Waals surface area (Å²) in [7, 11) is -2.47. The van der Waals surface area contributed by atoms with Crippen LogP contribution < -0.4 is 15.9 Å². The van der Waals surface area contributed by atoms with Crippen LogP contribution in [-0.4, -0.2) is 0 Å². The molecule has 0 nitrogen and oxygen atoms in total. The maximum atomic E-state index is 3.83. The topological polar surface area (TPSA) is 0 Å². The Kier molecular flexibility index (Phi) is 6.07. The van der Waals surface area contributed by atoms with E-state index in [-0.39, 0.29) is 0 Å². The van der Waals surface area contributed by atoms with Crippen molar-refractivity contribution in [2.45, 2.75) is 6.92 Å². The molecule has 0 aliphatic rings. The molecule has 0 radical (unpaired) electrons. The Morgan fingerprint density at radius 3 is 1.87 bits per heavy atom. The van der Waals surface area contributed by atoms with Gasteiger partial charge in [0.25, 0.3) is 0 Å². The molecule has 30 heavy (non-hydrogen) atoms.